The summed E-state index contributed by atoms with van der Waals surface area (Å²) in [6.07, 6.45) is 4.85. The lowest BCUT2D eigenvalue weighted by Gasteiger charge is -2.48. The lowest BCUT2D eigenvalue weighted by atomic mass is 9.71. The molecule has 0 radical (unpaired) electrons. The molecule has 5 nitrogen and oxygen atoms in total. The molecule has 0 amide bonds. The van der Waals surface area contributed by atoms with E-state index in [0.717, 1.165) is 37.8 Å². The third-order valence-electron chi connectivity index (χ3n) is 5.10. The zero-order valence-electron chi connectivity index (χ0n) is 12.4. The van der Waals surface area contributed by atoms with Crippen molar-refractivity contribution >= 4 is 11.4 Å². The van der Waals surface area contributed by atoms with Gasteiger partial charge in [-0.2, -0.15) is 0 Å². The van der Waals surface area contributed by atoms with Gasteiger partial charge >= 0.3 is 0 Å². The van der Waals surface area contributed by atoms with Gasteiger partial charge in [0.05, 0.1) is 10.5 Å². The van der Waals surface area contributed by atoms with E-state index >= 15 is 0 Å². The Balaban J connectivity index is 1.88. The molecule has 5 heteroatoms. The molecule has 1 aromatic carbocycles. The van der Waals surface area contributed by atoms with E-state index in [0.29, 0.717) is 18.7 Å². The van der Waals surface area contributed by atoms with Crippen molar-refractivity contribution in [3.05, 3.63) is 33.9 Å². The Morgan fingerprint density at radius 3 is 2.95 bits per heavy atom. The first kappa shape index (κ1) is 14.3. The molecule has 1 aliphatic carbocycles. The number of hydrogen-bond donors (Lipinski definition) is 1. The van der Waals surface area contributed by atoms with Crippen LogP contribution in [0, 0.1) is 23.0 Å². The first-order chi connectivity index (χ1) is 9.99. The van der Waals surface area contributed by atoms with Crippen molar-refractivity contribution in [3.8, 4) is 0 Å². The molecule has 1 saturated heterocycles. The van der Waals surface area contributed by atoms with Crippen LogP contribution in [0.3, 0.4) is 0 Å². The van der Waals surface area contributed by atoms with Gasteiger partial charge in [-0.25, -0.2) is 0 Å². The number of piperidine rings is 1. The smallest absolute Gasteiger partial charge is 0.292 e. The van der Waals surface area contributed by atoms with Crippen molar-refractivity contribution in [1.82, 2.24) is 0 Å². The maximum atomic E-state index is 11.3. The van der Waals surface area contributed by atoms with Gasteiger partial charge in [0.1, 0.15) is 5.69 Å². The van der Waals surface area contributed by atoms with Crippen molar-refractivity contribution < 1.29 is 10.0 Å². The molecule has 1 aliphatic heterocycles. The molecule has 0 aromatic heterocycles. The number of nitrogens with zero attached hydrogens (tertiary/aromatic N) is 2. The summed E-state index contributed by atoms with van der Waals surface area (Å²) in [6.45, 7) is 3.37. The van der Waals surface area contributed by atoms with Crippen molar-refractivity contribution in [3.63, 3.8) is 0 Å². The van der Waals surface area contributed by atoms with E-state index in [1.54, 1.807) is 12.1 Å². The molecule has 2 unspecified atom stereocenters. The van der Waals surface area contributed by atoms with Crippen LogP contribution in [0.4, 0.5) is 11.4 Å². The summed E-state index contributed by atoms with van der Waals surface area (Å²) in [5, 5.41) is 22.0. The third-order valence-corrected chi connectivity index (χ3v) is 5.10. The van der Waals surface area contributed by atoms with Crippen LogP contribution < -0.4 is 4.90 Å². The lowest BCUT2D eigenvalue weighted by Crippen LogP contribution is -2.53. The van der Waals surface area contributed by atoms with Gasteiger partial charge < -0.3 is 10.0 Å². The molecule has 2 fully saturated rings. The Morgan fingerprint density at radius 1 is 1.38 bits per heavy atom. The van der Waals surface area contributed by atoms with E-state index in [9.17, 15) is 15.2 Å². The summed E-state index contributed by atoms with van der Waals surface area (Å²) >= 11 is 0. The highest BCUT2D eigenvalue weighted by Crippen LogP contribution is 2.42. The summed E-state index contributed by atoms with van der Waals surface area (Å²) in [6, 6.07) is 5.26. The standard InChI is InChI=1S/C16H22N2O3/c1-12-5-6-14(18(20)21)15(10-12)17-9-8-16(19)7-3-2-4-13(16)11-17/h5-6,10,13,19H,2-4,7-9,11H2,1H3. The first-order valence-corrected chi connectivity index (χ1v) is 7.72. The summed E-state index contributed by atoms with van der Waals surface area (Å²) < 4.78 is 0. The quantitative estimate of drug-likeness (QED) is 0.671. The second kappa shape index (κ2) is 5.30. The minimum Gasteiger partial charge on any atom is -0.389 e. The van der Waals surface area contributed by atoms with Gasteiger partial charge in [-0.1, -0.05) is 18.9 Å². The van der Waals surface area contributed by atoms with Crippen LogP contribution >= 0.6 is 0 Å². The fourth-order valence-corrected chi connectivity index (χ4v) is 3.83. The SMILES string of the molecule is Cc1ccc([N+](=O)[O-])c(N2CCC3(O)CCCCC3C2)c1. The second-order valence-electron chi connectivity index (χ2n) is 6.49. The Labute approximate surface area is 124 Å². The van der Waals surface area contributed by atoms with Crippen LogP contribution in [0.1, 0.15) is 37.7 Å². The summed E-state index contributed by atoms with van der Waals surface area (Å²) in [4.78, 5) is 13.0. The van der Waals surface area contributed by atoms with Gasteiger partial charge in [0.15, 0.2) is 0 Å². The molecule has 2 atom stereocenters. The molecule has 1 aromatic rings. The maximum absolute atomic E-state index is 11.3. The zero-order valence-corrected chi connectivity index (χ0v) is 12.4. The molecular formula is C16H22N2O3. The van der Waals surface area contributed by atoms with E-state index in [4.69, 9.17) is 0 Å². The van der Waals surface area contributed by atoms with Gasteiger partial charge in [0.2, 0.25) is 0 Å². The summed E-state index contributed by atoms with van der Waals surface area (Å²) in [5.74, 6) is 0.236. The Morgan fingerprint density at radius 2 is 2.19 bits per heavy atom. The minimum absolute atomic E-state index is 0.168. The predicted molar refractivity (Wildman–Crippen MR) is 81.6 cm³/mol. The monoisotopic (exact) mass is 290 g/mol. The normalized spacial score (nSPS) is 29.0. The highest BCUT2D eigenvalue weighted by molar-refractivity contribution is 5.64. The first-order valence-electron chi connectivity index (χ1n) is 7.72. The van der Waals surface area contributed by atoms with Crippen molar-refractivity contribution in [2.45, 2.75) is 44.6 Å². The Hall–Kier alpha value is -1.62. The van der Waals surface area contributed by atoms with Crippen LogP contribution in [0.15, 0.2) is 18.2 Å². The van der Waals surface area contributed by atoms with E-state index in [1.165, 1.54) is 0 Å². The molecule has 114 valence electrons. The number of fused-ring (bicyclic) bond motifs is 1. The second-order valence-corrected chi connectivity index (χ2v) is 6.49. The average Bonchev–Trinajstić information content (AvgIpc) is 2.45. The number of nitro groups is 1. The van der Waals surface area contributed by atoms with Gasteiger partial charge in [-0.15, -0.1) is 0 Å². The fourth-order valence-electron chi connectivity index (χ4n) is 3.83. The van der Waals surface area contributed by atoms with Gasteiger partial charge in [-0.3, -0.25) is 10.1 Å². The number of benzene rings is 1. The van der Waals surface area contributed by atoms with Crippen molar-refractivity contribution in [2.75, 3.05) is 18.0 Å². The van der Waals surface area contributed by atoms with Crippen molar-refractivity contribution in [2.24, 2.45) is 5.92 Å². The molecule has 0 bridgehead atoms. The van der Waals surface area contributed by atoms with E-state index in [2.05, 4.69) is 4.90 Å². The average molecular weight is 290 g/mol. The topological polar surface area (TPSA) is 66.6 Å². The van der Waals surface area contributed by atoms with E-state index < -0.39 is 5.60 Å². The maximum Gasteiger partial charge on any atom is 0.292 e. The van der Waals surface area contributed by atoms with Crippen LogP contribution in [0.25, 0.3) is 0 Å². The number of anilines is 1. The van der Waals surface area contributed by atoms with Crippen LogP contribution in [0.2, 0.25) is 0 Å². The van der Waals surface area contributed by atoms with Gasteiger partial charge in [0.25, 0.3) is 5.69 Å². The Kier molecular flexibility index (Phi) is 3.61. The van der Waals surface area contributed by atoms with Crippen LogP contribution in [0.5, 0.6) is 0 Å². The zero-order chi connectivity index (χ0) is 15.0. The molecule has 3 rings (SSSR count). The van der Waals surface area contributed by atoms with E-state index in [1.807, 2.05) is 13.0 Å². The third kappa shape index (κ3) is 2.62. The molecule has 21 heavy (non-hydrogen) atoms. The molecule has 0 spiro atoms. The number of hydrogen-bond acceptors (Lipinski definition) is 4. The van der Waals surface area contributed by atoms with Gasteiger partial charge in [-0.05, 0) is 37.8 Å². The largest absolute Gasteiger partial charge is 0.389 e. The highest BCUT2D eigenvalue weighted by atomic mass is 16.6. The van der Waals surface area contributed by atoms with Crippen LogP contribution in [-0.4, -0.2) is 28.7 Å². The number of aryl methyl sites for hydroxylation is 1. The molecular weight excluding hydrogens is 268 g/mol. The number of rotatable bonds is 2. The molecule has 1 saturated carbocycles. The summed E-state index contributed by atoms with van der Waals surface area (Å²) in [5.41, 5.74) is 1.35. The van der Waals surface area contributed by atoms with E-state index in [-0.39, 0.29) is 16.5 Å². The Bertz CT molecular complexity index is 560. The number of nitro benzene ring substituents is 1. The van der Waals surface area contributed by atoms with Crippen molar-refractivity contribution in [1.29, 1.82) is 0 Å². The molecule has 1 N–H and O–H groups in total. The predicted octanol–water partition coefficient (Wildman–Crippen LogP) is 3.03. The fraction of sp³-hybridized carbons (Fsp3) is 0.625. The minimum atomic E-state index is -0.548. The van der Waals surface area contributed by atoms with Crippen LogP contribution in [-0.2, 0) is 0 Å². The summed E-state index contributed by atoms with van der Waals surface area (Å²) in [7, 11) is 0. The molecule has 2 aliphatic rings. The lowest BCUT2D eigenvalue weighted by molar-refractivity contribution is -0.384. The number of aliphatic hydroxyl groups is 1. The molecule has 1 heterocycles. The highest BCUT2D eigenvalue weighted by Gasteiger charge is 2.43. The van der Waals surface area contributed by atoms with Gasteiger partial charge in [0, 0.05) is 25.1 Å².